The molecular formula is C16H12Cl2N4S. The van der Waals surface area contributed by atoms with Crippen LogP contribution in [0, 0.1) is 0 Å². The Balaban J connectivity index is 1.70. The summed E-state index contributed by atoms with van der Waals surface area (Å²) in [6.07, 6.45) is 3.31. The molecule has 116 valence electrons. The van der Waals surface area contributed by atoms with E-state index in [9.17, 15) is 0 Å². The molecule has 0 saturated heterocycles. The van der Waals surface area contributed by atoms with Gasteiger partial charge < -0.3 is 0 Å². The molecule has 0 atom stereocenters. The molecule has 3 aromatic rings. The highest BCUT2D eigenvalue weighted by Crippen LogP contribution is 2.25. The van der Waals surface area contributed by atoms with Crippen LogP contribution in [-0.2, 0) is 5.75 Å². The third-order valence-electron chi connectivity index (χ3n) is 3.02. The fourth-order valence-corrected chi connectivity index (χ4v) is 3.10. The first-order valence-electron chi connectivity index (χ1n) is 6.78. The second-order valence-corrected chi connectivity index (χ2v) is 6.42. The van der Waals surface area contributed by atoms with Gasteiger partial charge in [-0.05, 0) is 29.3 Å². The van der Waals surface area contributed by atoms with Crippen molar-refractivity contribution in [1.82, 2.24) is 14.9 Å². The van der Waals surface area contributed by atoms with Gasteiger partial charge in [0.15, 0.2) is 0 Å². The molecule has 0 aliphatic rings. The number of hydrogen-bond acceptors (Lipinski definition) is 4. The molecule has 0 amide bonds. The molecule has 2 aromatic carbocycles. The van der Waals surface area contributed by atoms with Crippen molar-refractivity contribution in [1.29, 1.82) is 0 Å². The summed E-state index contributed by atoms with van der Waals surface area (Å²) >= 11 is 13.6. The van der Waals surface area contributed by atoms with Crippen molar-refractivity contribution in [2.45, 2.75) is 10.9 Å². The lowest BCUT2D eigenvalue weighted by Crippen LogP contribution is -1.93. The molecule has 0 saturated carbocycles. The topological polar surface area (TPSA) is 43.1 Å². The van der Waals surface area contributed by atoms with E-state index in [4.69, 9.17) is 23.2 Å². The van der Waals surface area contributed by atoms with Crippen LogP contribution >= 0.6 is 35.0 Å². The van der Waals surface area contributed by atoms with E-state index < -0.39 is 0 Å². The number of aromatic nitrogens is 3. The Hall–Kier alpha value is -1.82. The summed E-state index contributed by atoms with van der Waals surface area (Å²) in [5.41, 5.74) is 2.00. The molecule has 0 unspecified atom stereocenters. The van der Waals surface area contributed by atoms with E-state index >= 15 is 0 Å². The molecule has 0 radical (unpaired) electrons. The SMILES string of the molecule is Clc1ccc(/C=N/n2cnnc2SCc2ccccc2Cl)cc1. The summed E-state index contributed by atoms with van der Waals surface area (Å²) in [5.74, 6) is 0.703. The zero-order valence-electron chi connectivity index (χ0n) is 11.9. The van der Waals surface area contributed by atoms with Crippen molar-refractivity contribution < 1.29 is 0 Å². The molecule has 0 aliphatic carbocycles. The molecule has 0 fully saturated rings. The zero-order valence-corrected chi connectivity index (χ0v) is 14.3. The van der Waals surface area contributed by atoms with Crippen LogP contribution in [0.1, 0.15) is 11.1 Å². The molecular weight excluding hydrogens is 351 g/mol. The minimum absolute atomic E-state index is 0.697. The Morgan fingerprint density at radius 2 is 1.87 bits per heavy atom. The van der Waals surface area contributed by atoms with Gasteiger partial charge in [-0.15, -0.1) is 10.2 Å². The van der Waals surface area contributed by atoms with E-state index in [1.54, 1.807) is 17.2 Å². The number of hydrogen-bond donors (Lipinski definition) is 0. The van der Waals surface area contributed by atoms with Crippen molar-refractivity contribution in [3.63, 3.8) is 0 Å². The lowest BCUT2D eigenvalue weighted by atomic mass is 10.2. The molecule has 4 nitrogen and oxygen atoms in total. The summed E-state index contributed by atoms with van der Waals surface area (Å²) in [6, 6.07) is 15.2. The van der Waals surface area contributed by atoms with E-state index in [-0.39, 0.29) is 0 Å². The van der Waals surface area contributed by atoms with Crippen molar-refractivity contribution in [3.8, 4) is 0 Å². The van der Waals surface area contributed by atoms with Gasteiger partial charge in [0.05, 0.1) is 6.21 Å². The van der Waals surface area contributed by atoms with Gasteiger partial charge in [-0.1, -0.05) is 65.3 Å². The van der Waals surface area contributed by atoms with Gasteiger partial charge in [-0.3, -0.25) is 0 Å². The molecule has 3 rings (SSSR count). The Morgan fingerprint density at radius 3 is 2.65 bits per heavy atom. The first-order valence-corrected chi connectivity index (χ1v) is 8.53. The summed E-state index contributed by atoms with van der Waals surface area (Å²) in [4.78, 5) is 0. The lowest BCUT2D eigenvalue weighted by molar-refractivity contribution is 0.767. The number of halogens is 2. The number of benzene rings is 2. The van der Waals surface area contributed by atoms with Gasteiger partial charge in [0.25, 0.3) is 0 Å². The van der Waals surface area contributed by atoms with Gasteiger partial charge in [-0.2, -0.15) is 9.78 Å². The minimum Gasteiger partial charge on any atom is -0.195 e. The van der Waals surface area contributed by atoms with E-state index in [0.29, 0.717) is 15.9 Å². The molecule has 23 heavy (non-hydrogen) atoms. The third-order valence-corrected chi connectivity index (χ3v) is 4.62. The van der Waals surface area contributed by atoms with Crippen molar-refractivity contribution >= 4 is 41.2 Å². The first-order chi connectivity index (χ1) is 11.2. The number of thioether (sulfide) groups is 1. The van der Waals surface area contributed by atoms with E-state index in [1.807, 2.05) is 48.5 Å². The van der Waals surface area contributed by atoms with Crippen molar-refractivity contribution in [3.05, 3.63) is 76.0 Å². The third kappa shape index (κ3) is 4.34. The van der Waals surface area contributed by atoms with Crippen LogP contribution in [0.15, 0.2) is 65.1 Å². The highest BCUT2D eigenvalue weighted by atomic mass is 35.5. The van der Waals surface area contributed by atoms with Gasteiger partial charge in [0, 0.05) is 15.8 Å². The summed E-state index contributed by atoms with van der Waals surface area (Å²) in [5, 5.41) is 14.5. The minimum atomic E-state index is 0.697. The van der Waals surface area contributed by atoms with Gasteiger partial charge >= 0.3 is 0 Å². The van der Waals surface area contributed by atoms with Crippen LogP contribution in [0.2, 0.25) is 10.0 Å². The Labute approximate surface area is 148 Å². The average Bonchev–Trinajstić information content (AvgIpc) is 3.01. The molecule has 0 bridgehead atoms. The maximum Gasteiger partial charge on any atom is 0.212 e. The van der Waals surface area contributed by atoms with Gasteiger partial charge in [0.2, 0.25) is 5.16 Å². The van der Waals surface area contributed by atoms with Crippen LogP contribution in [0.5, 0.6) is 0 Å². The lowest BCUT2D eigenvalue weighted by Gasteiger charge is -2.03. The largest absolute Gasteiger partial charge is 0.212 e. The smallest absolute Gasteiger partial charge is 0.195 e. The molecule has 7 heteroatoms. The fourth-order valence-electron chi connectivity index (χ4n) is 1.83. The predicted molar refractivity (Wildman–Crippen MR) is 95.5 cm³/mol. The molecule has 1 heterocycles. The molecule has 1 aromatic heterocycles. The Kier molecular flexibility index (Phi) is 5.33. The fraction of sp³-hybridized carbons (Fsp3) is 0.0625. The number of rotatable bonds is 5. The Bertz CT molecular complexity index is 815. The monoisotopic (exact) mass is 362 g/mol. The maximum atomic E-state index is 6.16. The zero-order chi connectivity index (χ0) is 16.1. The van der Waals surface area contributed by atoms with E-state index in [1.165, 1.54) is 11.8 Å². The number of nitrogens with zero attached hydrogens (tertiary/aromatic N) is 4. The first kappa shape index (κ1) is 16.1. The average molecular weight is 363 g/mol. The van der Waals surface area contributed by atoms with Crippen molar-refractivity contribution in [2.24, 2.45) is 5.10 Å². The molecule has 0 N–H and O–H groups in total. The molecule has 0 spiro atoms. The van der Waals surface area contributed by atoms with Crippen LogP contribution in [0.3, 0.4) is 0 Å². The Morgan fingerprint density at radius 1 is 1.09 bits per heavy atom. The predicted octanol–water partition coefficient (Wildman–Crippen LogP) is 4.76. The second-order valence-electron chi connectivity index (χ2n) is 4.63. The summed E-state index contributed by atoms with van der Waals surface area (Å²) in [6.45, 7) is 0. The highest BCUT2D eigenvalue weighted by molar-refractivity contribution is 7.98. The quantitative estimate of drug-likeness (QED) is 0.485. The summed E-state index contributed by atoms with van der Waals surface area (Å²) in [7, 11) is 0. The van der Waals surface area contributed by atoms with Gasteiger partial charge in [0.1, 0.15) is 6.33 Å². The van der Waals surface area contributed by atoms with Gasteiger partial charge in [-0.25, -0.2) is 0 Å². The molecule has 0 aliphatic heterocycles. The van der Waals surface area contributed by atoms with Crippen molar-refractivity contribution in [2.75, 3.05) is 0 Å². The highest BCUT2D eigenvalue weighted by Gasteiger charge is 2.06. The van der Waals surface area contributed by atoms with E-state index in [0.717, 1.165) is 16.1 Å². The standard InChI is InChI=1S/C16H12Cl2N4S/c17-14-7-5-12(6-8-14)9-20-22-11-19-21-16(22)23-10-13-3-1-2-4-15(13)18/h1-9,11H,10H2/b20-9+. The van der Waals surface area contributed by atoms with Crippen LogP contribution in [-0.4, -0.2) is 21.1 Å². The normalized spacial score (nSPS) is 11.2. The summed E-state index contributed by atoms with van der Waals surface area (Å²) < 4.78 is 1.64. The second kappa shape index (κ2) is 7.64. The van der Waals surface area contributed by atoms with Crippen LogP contribution in [0.25, 0.3) is 0 Å². The van der Waals surface area contributed by atoms with Crippen LogP contribution < -0.4 is 0 Å². The van der Waals surface area contributed by atoms with Crippen LogP contribution in [0.4, 0.5) is 0 Å². The van der Waals surface area contributed by atoms with E-state index in [2.05, 4.69) is 15.3 Å². The maximum absolute atomic E-state index is 6.16.